The van der Waals surface area contributed by atoms with Gasteiger partial charge in [-0.3, -0.25) is 14.9 Å². The number of amides is 1. The summed E-state index contributed by atoms with van der Waals surface area (Å²) >= 11 is 5.86. The molecule has 0 spiro atoms. The molecule has 1 aliphatic carbocycles. The number of nitrogens with one attached hydrogen (secondary N) is 1. The number of rotatable bonds is 6. The van der Waals surface area contributed by atoms with Crippen molar-refractivity contribution in [3.05, 3.63) is 92.5 Å². The molecule has 0 aliphatic heterocycles. The summed E-state index contributed by atoms with van der Waals surface area (Å²) < 4.78 is 11.1. The van der Waals surface area contributed by atoms with E-state index in [1.807, 2.05) is 12.1 Å². The van der Waals surface area contributed by atoms with Crippen LogP contribution in [0.5, 0.6) is 17.2 Å². The molecule has 0 saturated heterocycles. The van der Waals surface area contributed by atoms with Crippen LogP contribution in [0.2, 0.25) is 5.02 Å². The Labute approximate surface area is 190 Å². The van der Waals surface area contributed by atoms with E-state index in [1.54, 1.807) is 18.2 Å². The first-order chi connectivity index (χ1) is 15.5. The zero-order valence-electron chi connectivity index (χ0n) is 17.3. The lowest BCUT2D eigenvalue weighted by atomic mass is 9.87. The van der Waals surface area contributed by atoms with Crippen LogP contribution in [0, 0.1) is 10.1 Å². The first kappa shape index (κ1) is 21.6. The number of carbonyl (C=O) groups is 1. The molecule has 32 heavy (non-hydrogen) atoms. The van der Waals surface area contributed by atoms with Crippen molar-refractivity contribution < 1.29 is 19.2 Å². The van der Waals surface area contributed by atoms with Crippen molar-refractivity contribution >= 4 is 23.2 Å². The van der Waals surface area contributed by atoms with E-state index in [4.69, 9.17) is 21.1 Å². The highest BCUT2D eigenvalue weighted by Gasteiger charge is 2.23. The van der Waals surface area contributed by atoms with Crippen LogP contribution in [-0.4, -0.2) is 17.9 Å². The third-order valence-electron chi connectivity index (χ3n) is 5.44. The molecule has 8 heteroatoms. The largest absolute Gasteiger partial charge is 0.493 e. The molecule has 0 aromatic heterocycles. The van der Waals surface area contributed by atoms with Crippen LogP contribution in [0.25, 0.3) is 0 Å². The highest BCUT2D eigenvalue weighted by atomic mass is 35.5. The fourth-order valence-electron chi connectivity index (χ4n) is 3.88. The second kappa shape index (κ2) is 9.28. The van der Waals surface area contributed by atoms with Gasteiger partial charge in [0.05, 0.1) is 18.1 Å². The van der Waals surface area contributed by atoms with E-state index >= 15 is 0 Å². The van der Waals surface area contributed by atoms with Gasteiger partial charge in [0, 0.05) is 16.7 Å². The minimum Gasteiger partial charge on any atom is -0.493 e. The van der Waals surface area contributed by atoms with Crippen LogP contribution in [-0.2, 0) is 6.42 Å². The Morgan fingerprint density at radius 1 is 1.09 bits per heavy atom. The van der Waals surface area contributed by atoms with Crippen molar-refractivity contribution in [2.45, 2.75) is 25.3 Å². The third-order valence-corrected chi connectivity index (χ3v) is 5.67. The molecule has 1 N–H and O–H groups in total. The van der Waals surface area contributed by atoms with Crippen LogP contribution in [0.4, 0.5) is 5.69 Å². The molecular weight excluding hydrogens is 432 g/mol. The minimum absolute atomic E-state index is 0.0220. The SMILES string of the molecule is COc1cc(C(=O)N[C@@H]2CCCc3ccccc32)ccc1Oc1ccc(Cl)cc1[N+](=O)[O-]. The molecule has 0 unspecified atom stereocenters. The van der Waals surface area contributed by atoms with E-state index in [-0.39, 0.29) is 39.9 Å². The van der Waals surface area contributed by atoms with Crippen LogP contribution >= 0.6 is 11.6 Å². The zero-order chi connectivity index (χ0) is 22.7. The number of nitrogens with zero attached hydrogens (tertiary/aromatic N) is 1. The molecule has 0 radical (unpaired) electrons. The number of nitro groups is 1. The van der Waals surface area contributed by atoms with Gasteiger partial charge in [0.15, 0.2) is 11.5 Å². The van der Waals surface area contributed by atoms with Gasteiger partial charge in [-0.1, -0.05) is 35.9 Å². The van der Waals surface area contributed by atoms with E-state index in [1.165, 1.54) is 30.9 Å². The van der Waals surface area contributed by atoms with Gasteiger partial charge in [0.2, 0.25) is 5.75 Å². The molecule has 1 amide bonds. The summed E-state index contributed by atoms with van der Waals surface area (Å²) in [7, 11) is 1.44. The Morgan fingerprint density at radius 2 is 1.88 bits per heavy atom. The van der Waals surface area contributed by atoms with Crippen LogP contribution < -0.4 is 14.8 Å². The van der Waals surface area contributed by atoms with E-state index in [0.717, 1.165) is 24.8 Å². The summed E-state index contributed by atoms with van der Waals surface area (Å²) in [6.07, 6.45) is 2.90. The summed E-state index contributed by atoms with van der Waals surface area (Å²) in [5, 5.41) is 14.7. The number of benzene rings is 3. The van der Waals surface area contributed by atoms with Gasteiger partial charge in [0.25, 0.3) is 5.91 Å². The summed E-state index contributed by atoms with van der Waals surface area (Å²) in [4.78, 5) is 23.7. The number of aryl methyl sites for hydroxylation is 1. The molecule has 0 saturated carbocycles. The average Bonchev–Trinajstić information content (AvgIpc) is 2.80. The van der Waals surface area contributed by atoms with E-state index in [2.05, 4.69) is 17.4 Å². The second-order valence-electron chi connectivity index (χ2n) is 7.45. The molecule has 3 aromatic rings. The van der Waals surface area contributed by atoms with E-state index < -0.39 is 4.92 Å². The predicted molar refractivity (Wildman–Crippen MR) is 121 cm³/mol. The van der Waals surface area contributed by atoms with Gasteiger partial charge in [-0.2, -0.15) is 0 Å². The molecule has 7 nitrogen and oxygen atoms in total. The maximum absolute atomic E-state index is 12.9. The zero-order valence-corrected chi connectivity index (χ0v) is 18.1. The fraction of sp³-hybridized carbons (Fsp3) is 0.208. The van der Waals surface area contributed by atoms with E-state index in [9.17, 15) is 14.9 Å². The van der Waals surface area contributed by atoms with Crippen LogP contribution in [0.3, 0.4) is 0 Å². The highest BCUT2D eigenvalue weighted by molar-refractivity contribution is 6.30. The smallest absolute Gasteiger partial charge is 0.313 e. The average molecular weight is 453 g/mol. The van der Waals surface area contributed by atoms with Gasteiger partial charge < -0.3 is 14.8 Å². The lowest BCUT2D eigenvalue weighted by Crippen LogP contribution is -2.30. The molecule has 1 atom stereocenters. The maximum Gasteiger partial charge on any atom is 0.313 e. The summed E-state index contributed by atoms with van der Waals surface area (Å²) in [5.74, 6) is 0.325. The molecule has 0 heterocycles. The number of hydrogen-bond donors (Lipinski definition) is 1. The number of carbonyl (C=O) groups excluding carboxylic acids is 1. The molecule has 164 valence electrons. The molecular formula is C24H21ClN2O5. The monoisotopic (exact) mass is 452 g/mol. The fourth-order valence-corrected chi connectivity index (χ4v) is 4.04. The number of fused-ring (bicyclic) bond motifs is 1. The molecule has 4 rings (SSSR count). The Kier molecular flexibility index (Phi) is 6.28. The normalized spacial score (nSPS) is 14.9. The number of halogens is 1. The highest BCUT2D eigenvalue weighted by Crippen LogP contribution is 2.38. The van der Waals surface area contributed by atoms with Gasteiger partial charge in [0.1, 0.15) is 0 Å². The lowest BCUT2D eigenvalue weighted by molar-refractivity contribution is -0.385. The molecule has 0 bridgehead atoms. The summed E-state index contributed by atoms with van der Waals surface area (Å²) in [6.45, 7) is 0. The van der Waals surface area contributed by atoms with Crippen molar-refractivity contribution in [1.29, 1.82) is 0 Å². The Morgan fingerprint density at radius 3 is 2.66 bits per heavy atom. The molecule has 3 aromatic carbocycles. The molecule has 0 fully saturated rings. The van der Waals surface area contributed by atoms with Crippen molar-refractivity contribution in [2.75, 3.05) is 7.11 Å². The summed E-state index contributed by atoms with van der Waals surface area (Å²) in [5.41, 5.74) is 2.55. The van der Waals surface area contributed by atoms with Gasteiger partial charge >= 0.3 is 5.69 Å². The Bertz CT molecular complexity index is 1180. The Balaban J connectivity index is 1.56. The maximum atomic E-state index is 12.9. The molecule has 1 aliphatic rings. The van der Waals surface area contributed by atoms with Crippen molar-refractivity contribution in [3.8, 4) is 17.2 Å². The standard InChI is InChI=1S/C24H21ClN2O5/c1-31-23-13-16(24(28)26-19-8-4-6-15-5-2-3-7-18(15)19)9-11-22(23)32-21-12-10-17(25)14-20(21)27(29)30/h2-3,5,7,9-14,19H,4,6,8H2,1H3,(H,26,28)/t19-/m1/s1. The van der Waals surface area contributed by atoms with Gasteiger partial charge in [-0.05, 0) is 60.7 Å². The minimum atomic E-state index is -0.572. The number of hydrogen-bond acceptors (Lipinski definition) is 5. The summed E-state index contributed by atoms with van der Waals surface area (Å²) in [6, 6.07) is 16.9. The second-order valence-corrected chi connectivity index (χ2v) is 7.89. The number of ether oxygens (including phenoxy) is 2. The van der Waals surface area contributed by atoms with Crippen molar-refractivity contribution in [1.82, 2.24) is 5.32 Å². The topological polar surface area (TPSA) is 90.7 Å². The number of nitro benzene ring substituents is 1. The first-order valence-corrected chi connectivity index (χ1v) is 10.5. The van der Waals surface area contributed by atoms with E-state index in [0.29, 0.717) is 5.56 Å². The van der Waals surface area contributed by atoms with Gasteiger partial charge in [-0.15, -0.1) is 0 Å². The van der Waals surface area contributed by atoms with Crippen molar-refractivity contribution in [2.24, 2.45) is 0 Å². The first-order valence-electron chi connectivity index (χ1n) is 10.1. The van der Waals surface area contributed by atoms with Crippen molar-refractivity contribution in [3.63, 3.8) is 0 Å². The predicted octanol–water partition coefficient (Wildman–Crippen LogP) is 5.86. The Hall–Kier alpha value is -3.58. The van der Waals surface area contributed by atoms with Gasteiger partial charge in [-0.25, -0.2) is 0 Å². The quantitative estimate of drug-likeness (QED) is 0.374. The van der Waals surface area contributed by atoms with Crippen LogP contribution in [0.1, 0.15) is 40.4 Å². The van der Waals surface area contributed by atoms with Crippen LogP contribution in [0.15, 0.2) is 60.7 Å². The number of methoxy groups -OCH3 is 1. The third kappa shape index (κ3) is 4.53. The lowest BCUT2D eigenvalue weighted by Gasteiger charge is -2.26.